The van der Waals surface area contributed by atoms with Crippen LogP contribution >= 0.6 is 11.8 Å². The van der Waals surface area contributed by atoms with Gasteiger partial charge in [-0.1, -0.05) is 30.3 Å². The lowest BCUT2D eigenvalue weighted by Gasteiger charge is -2.28. The summed E-state index contributed by atoms with van der Waals surface area (Å²) in [6.45, 7) is 0.0853. The zero-order valence-corrected chi connectivity index (χ0v) is 16.5. The van der Waals surface area contributed by atoms with E-state index in [1.54, 1.807) is 12.1 Å². The number of fused-ring (bicyclic) bond motifs is 1. The van der Waals surface area contributed by atoms with Crippen molar-refractivity contribution in [3.8, 4) is 5.75 Å². The Kier molecular flexibility index (Phi) is 6.15. The van der Waals surface area contributed by atoms with E-state index in [2.05, 4.69) is 0 Å². The molecule has 162 valence electrons. The average Bonchev–Trinajstić information content (AvgIpc) is 2.78. The minimum absolute atomic E-state index is 0.0150. The van der Waals surface area contributed by atoms with E-state index in [1.807, 2.05) is 18.2 Å². The molecule has 0 aromatic heterocycles. The average molecular weight is 456 g/mol. The van der Waals surface area contributed by atoms with Gasteiger partial charge in [0.1, 0.15) is 11.6 Å². The molecule has 0 amide bonds. The maximum Gasteiger partial charge on any atom is 0.227 e. The summed E-state index contributed by atoms with van der Waals surface area (Å²) in [6, 6.07) is 11.5. The fourth-order valence-corrected chi connectivity index (χ4v) is 4.19. The van der Waals surface area contributed by atoms with Crippen LogP contribution in [0.15, 0.2) is 42.5 Å². The molecule has 0 radical (unpaired) electrons. The van der Waals surface area contributed by atoms with Gasteiger partial charge in [-0.3, -0.25) is 0 Å². The quantitative estimate of drug-likeness (QED) is 0.246. The highest BCUT2D eigenvalue weighted by Crippen LogP contribution is 2.38. The number of rotatable bonds is 5. The SMILES string of the molecule is Fc1cc2c(c(CSCc3c(F)c(F)c(F)c(F)c3F)c1)O[C@@H](c1ccccc1)OC2. The van der Waals surface area contributed by atoms with Gasteiger partial charge in [0.05, 0.1) is 6.61 Å². The van der Waals surface area contributed by atoms with Crippen molar-refractivity contribution in [1.29, 1.82) is 0 Å². The molecule has 0 aliphatic carbocycles. The van der Waals surface area contributed by atoms with E-state index in [9.17, 15) is 26.3 Å². The van der Waals surface area contributed by atoms with Crippen molar-refractivity contribution in [3.63, 3.8) is 0 Å². The molecule has 2 nitrogen and oxygen atoms in total. The highest BCUT2D eigenvalue weighted by Gasteiger charge is 2.27. The van der Waals surface area contributed by atoms with Crippen LogP contribution in [0.5, 0.6) is 5.75 Å². The standard InChI is InChI=1S/C22H14F6O2S/c23-14-6-12-8-29-22(11-4-2-1-3-5-11)30-21(12)13(7-14)9-31-10-15-16(24)18(26)20(28)19(27)17(15)25/h1-7,22H,8-10H2/t22-/m0/s1. The second-order valence-electron chi connectivity index (χ2n) is 6.77. The van der Waals surface area contributed by atoms with Gasteiger partial charge in [-0.05, 0) is 12.1 Å². The molecule has 0 unspecified atom stereocenters. The summed E-state index contributed by atoms with van der Waals surface area (Å²) in [7, 11) is 0. The summed E-state index contributed by atoms with van der Waals surface area (Å²) >= 11 is 0.866. The molecule has 0 N–H and O–H groups in total. The van der Waals surface area contributed by atoms with Crippen molar-refractivity contribution < 1.29 is 35.8 Å². The summed E-state index contributed by atoms with van der Waals surface area (Å²) < 4.78 is 93.2. The first-order chi connectivity index (χ1) is 14.9. The van der Waals surface area contributed by atoms with Crippen LogP contribution in [0.3, 0.4) is 0 Å². The van der Waals surface area contributed by atoms with E-state index in [0.29, 0.717) is 16.9 Å². The van der Waals surface area contributed by atoms with Crippen molar-refractivity contribution in [1.82, 2.24) is 0 Å². The molecule has 9 heteroatoms. The summed E-state index contributed by atoms with van der Waals surface area (Å²) in [6.07, 6.45) is -0.724. The number of ether oxygens (including phenoxy) is 2. The predicted octanol–water partition coefficient (Wildman–Crippen LogP) is 6.56. The molecule has 1 heterocycles. The molecule has 1 atom stereocenters. The first-order valence-corrected chi connectivity index (χ1v) is 10.2. The van der Waals surface area contributed by atoms with Crippen molar-refractivity contribution in [2.75, 3.05) is 0 Å². The normalized spacial score (nSPS) is 15.5. The van der Waals surface area contributed by atoms with Gasteiger partial charge >= 0.3 is 0 Å². The monoisotopic (exact) mass is 456 g/mol. The third kappa shape index (κ3) is 4.24. The van der Waals surface area contributed by atoms with Gasteiger partial charge in [0.25, 0.3) is 0 Å². The Morgan fingerprint density at radius 2 is 1.45 bits per heavy atom. The Morgan fingerprint density at radius 3 is 2.13 bits per heavy atom. The molecule has 4 rings (SSSR count). The van der Waals surface area contributed by atoms with Crippen LogP contribution in [0, 0.1) is 34.9 Å². The first-order valence-electron chi connectivity index (χ1n) is 9.09. The lowest BCUT2D eigenvalue weighted by atomic mass is 10.1. The largest absolute Gasteiger partial charge is 0.460 e. The minimum atomic E-state index is -2.21. The van der Waals surface area contributed by atoms with Crippen molar-refractivity contribution >= 4 is 11.8 Å². The second kappa shape index (κ2) is 8.84. The van der Waals surface area contributed by atoms with E-state index in [1.165, 1.54) is 12.1 Å². The third-order valence-electron chi connectivity index (χ3n) is 4.70. The summed E-state index contributed by atoms with van der Waals surface area (Å²) in [5, 5.41) is 0. The van der Waals surface area contributed by atoms with Gasteiger partial charge in [0.15, 0.2) is 23.3 Å². The Balaban J connectivity index is 1.55. The van der Waals surface area contributed by atoms with Gasteiger partial charge in [-0.15, -0.1) is 0 Å². The fraction of sp³-hybridized carbons (Fsp3) is 0.182. The van der Waals surface area contributed by atoms with Gasteiger partial charge in [-0.2, -0.15) is 11.8 Å². The molecule has 1 aliphatic rings. The summed E-state index contributed by atoms with van der Waals surface area (Å²) in [5.74, 6) is -10.6. The third-order valence-corrected chi connectivity index (χ3v) is 5.71. The summed E-state index contributed by atoms with van der Waals surface area (Å²) in [4.78, 5) is 0. The molecule has 1 aliphatic heterocycles. The summed E-state index contributed by atoms with van der Waals surface area (Å²) in [5.41, 5.74) is 0.655. The minimum Gasteiger partial charge on any atom is -0.460 e. The zero-order valence-electron chi connectivity index (χ0n) is 15.7. The molecule has 3 aromatic rings. The number of halogens is 6. The smallest absolute Gasteiger partial charge is 0.227 e. The van der Waals surface area contributed by atoms with Crippen LogP contribution in [0.1, 0.15) is 28.5 Å². The van der Waals surface area contributed by atoms with Crippen molar-refractivity contribution in [3.05, 3.63) is 99.6 Å². The van der Waals surface area contributed by atoms with Crippen LogP contribution in [-0.2, 0) is 22.8 Å². The molecule has 0 spiro atoms. The maximum absolute atomic E-state index is 14.0. The fourth-order valence-electron chi connectivity index (χ4n) is 3.20. The van der Waals surface area contributed by atoms with Crippen LogP contribution in [0.4, 0.5) is 26.3 Å². The highest BCUT2D eigenvalue weighted by atomic mass is 32.2. The Labute approximate surface area is 177 Å². The Hall–Kier alpha value is -2.65. The van der Waals surface area contributed by atoms with Crippen LogP contribution < -0.4 is 4.74 Å². The van der Waals surface area contributed by atoms with Gasteiger partial charge in [0.2, 0.25) is 12.1 Å². The van der Waals surface area contributed by atoms with E-state index >= 15 is 0 Å². The molecular formula is C22H14F6O2S. The molecule has 3 aromatic carbocycles. The van der Waals surface area contributed by atoms with Crippen molar-refractivity contribution in [2.45, 2.75) is 24.4 Å². The topological polar surface area (TPSA) is 18.5 Å². The van der Waals surface area contributed by atoms with Crippen LogP contribution in [0.25, 0.3) is 0 Å². The molecule has 0 saturated heterocycles. The molecule has 0 saturated carbocycles. The Morgan fingerprint density at radius 1 is 0.806 bits per heavy atom. The van der Waals surface area contributed by atoms with E-state index in [4.69, 9.17) is 9.47 Å². The maximum atomic E-state index is 14.0. The molecule has 0 bridgehead atoms. The number of benzene rings is 3. The van der Waals surface area contributed by atoms with E-state index in [-0.39, 0.29) is 12.4 Å². The first kappa shape index (κ1) is 21.6. The van der Waals surface area contributed by atoms with Crippen LogP contribution in [0.2, 0.25) is 0 Å². The van der Waals surface area contributed by atoms with E-state index < -0.39 is 52.5 Å². The van der Waals surface area contributed by atoms with Crippen LogP contribution in [-0.4, -0.2) is 0 Å². The zero-order chi connectivity index (χ0) is 22.1. The highest BCUT2D eigenvalue weighted by molar-refractivity contribution is 7.97. The van der Waals surface area contributed by atoms with Gasteiger partial charge in [0, 0.05) is 33.8 Å². The molecule has 0 fully saturated rings. The number of hydrogen-bond acceptors (Lipinski definition) is 3. The molecular weight excluding hydrogens is 442 g/mol. The number of hydrogen-bond donors (Lipinski definition) is 0. The lowest BCUT2D eigenvalue weighted by Crippen LogP contribution is -2.19. The van der Waals surface area contributed by atoms with E-state index in [0.717, 1.165) is 17.3 Å². The Bertz CT molecular complexity index is 1090. The predicted molar refractivity (Wildman–Crippen MR) is 102 cm³/mol. The molecule has 31 heavy (non-hydrogen) atoms. The van der Waals surface area contributed by atoms with Crippen molar-refractivity contribution in [2.24, 2.45) is 0 Å². The van der Waals surface area contributed by atoms with Gasteiger partial charge in [-0.25, -0.2) is 26.3 Å². The second-order valence-corrected chi connectivity index (χ2v) is 7.75. The van der Waals surface area contributed by atoms with Gasteiger partial charge < -0.3 is 9.47 Å². The number of thioether (sulfide) groups is 1. The lowest BCUT2D eigenvalue weighted by molar-refractivity contribution is -0.112.